The summed E-state index contributed by atoms with van der Waals surface area (Å²) in [7, 11) is 0. The highest BCUT2D eigenvalue weighted by Gasteiger charge is 2.26. The van der Waals surface area contributed by atoms with Crippen LogP contribution in [0, 0.1) is 24.0 Å². The monoisotopic (exact) mass is 283 g/mol. The van der Waals surface area contributed by atoms with Crippen LogP contribution in [-0.4, -0.2) is 24.7 Å². The normalized spacial score (nSPS) is 10.5. The first-order valence-electron chi connectivity index (χ1n) is 5.15. The Bertz CT molecular complexity index is 654. The van der Waals surface area contributed by atoms with E-state index >= 15 is 0 Å². The van der Waals surface area contributed by atoms with Crippen molar-refractivity contribution >= 4 is 23.1 Å². The predicted molar refractivity (Wildman–Crippen MR) is 68.1 cm³/mol. The maximum atomic E-state index is 11.1. The van der Waals surface area contributed by atoms with Gasteiger partial charge < -0.3 is 5.43 Å². The van der Waals surface area contributed by atoms with Gasteiger partial charge in [0.1, 0.15) is 6.33 Å². The zero-order valence-corrected chi connectivity index (χ0v) is 10.8. The summed E-state index contributed by atoms with van der Waals surface area (Å²) in [5.74, 6) is 5.11. The van der Waals surface area contributed by atoms with Crippen LogP contribution < -0.4 is 11.3 Å². The summed E-state index contributed by atoms with van der Waals surface area (Å²) in [4.78, 5) is 18.1. The van der Waals surface area contributed by atoms with E-state index in [1.54, 1.807) is 13.8 Å². The summed E-state index contributed by atoms with van der Waals surface area (Å²) in [6.07, 6.45) is 1.15. The molecule has 0 saturated carbocycles. The molecule has 9 nitrogen and oxygen atoms in total. The van der Waals surface area contributed by atoms with Gasteiger partial charge in [0.25, 0.3) is 0 Å². The Kier molecular flexibility index (Phi) is 3.32. The zero-order chi connectivity index (χ0) is 14.2. The van der Waals surface area contributed by atoms with E-state index in [1.807, 2.05) is 0 Å². The molecule has 0 spiro atoms. The van der Waals surface area contributed by atoms with E-state index in [9.17, 15) is 10.1 Å². The minimum Gasteiger partial charge on any atom is -0.303 e. The molecule has 2 heterocycles. The lowest BCUT2D eigenvalue weighted by Crippen LogP contribution is -2.14. The van der Waals surface area contributed by atoms with Crippen molar-refractivity contribution in [3.05, 3.63) is 32.9 Å². The second-order valence-electron chi connectivity index (χ2n) is 3.69. The highest BCUT2D eigenvalue weighted by molar-refractivity contribution is 6.31. The molecule has 2 rings (SSSR count). The highest BCUT2D eigenvalue weighted by Crippen LogP contribution is 2.30. The van der Waals surface area contributed by atoms with E-state index in [0.717, 1.165) is 6.33 Å². The number of nitrogens with one attached hydrogen (secondary N) is 1. The molecule has 100 valence electrons. The van der Waals surface area contributed by atoms with Crippen molar-refractivity contribution in [2.45, 2.75) is 13.8 Å². The van der Waals surface area contributed by atoms with Gasteiger partial charge in [-0.25, -0.2) is 20.5 Å². The molecule has 0 aliphatic rings. The van der Waals surface area contributed by atoms with Crippen LogP contribution in [0.1, 0.15) is 11.4 Å². The maximum Gasteiger partial charge on any atom is 0.356 e. The third kappa shape index (κ3) is 2.09. The predicted octanol–water partition coefficient (Wildman–Crippen LogP) is 1.13. The Balaban J connectivity index is 2.75. The number of aromatic nitrogens is 4. The second kappa shape index (κ2) is 4.78. The summed E-state index contributed by atoms with van der Waals surface area (Å²) in [5, 5.41) is 15.7. The fourth-order valence-corrected chi connectivity index (χ4v) is 1.75. The molecule has 0 saturated heterocycles. The minimum absolute atomic E-state index is 0.000417. The van der Waals surface area contributed by atoms with Crippen LogP contribution in [0.25, 0.3) is 5.82 Å². The van der Waals surface area contributed by atoms with Crippen LogP contribution in [0.5, 0.6) is 0 Å². The number of nitro groups is 1. The van der Waals surface area contributed by atoms with Gasteiger partial charge in [0, 0.05) is 0 Å². The Morgan fingerprint density at radius 1 is 1.47 bits per heavy atom. The van der Waals surface area contributed by atoms with Crippen molar-refractivity contribution in [1.29, 1.82) is 0 Å². The number of hydrogen-bond acceptors (Lipinski definition) is 7. The minimum atomic E-state index is -0.630. The molecule has 0 atom stereocenters. The first-order chi connectivity index (χ1) is 8.97. The smallest absolute Gasteiger partial charge is 0.303 e. The van der Waals surface area contributed by atoms with Crippen LogP contribution >= 0.6 is 11.6 Å². The fourth-order valence-electron chi connectivity index (χ4n) is 1.63. The highest BCUT2D eigenvalue weighted by atomic mass is 35.5. The van der Waals surface area contributed by atoms with Crippen LogP contribution in [0.3, 0.4) is 0 Å². The summed E-state index contributed by atoms with van der Waals surface area (Å²) < 4.78 is 1.29. The average molecular weight is 284 g/mol. The van der Waals surface area contributed by atoms with Gasteiger partial charge >= 0.3 is 5.69 Å². The van der Waals surface area contributed by atoms with Crippen LogP contribution in [0.15, 0.2) is 6.33 Å². The van der Waals surface area contributed by atoms with E-state index in [1.165, 1.54) is 4.68 Å². The van der Waals surface area contributed by atoms with Gasteiger partial charge in [0.2, 0.25) is 11.6 Å². The molecule has 0 aliphatic carbocycles. The number of anilines is 1. The van der Waals surface area contributed by atoms with Gasteiger partial charge in [-0.05, 0) is 13.8 Å². The molecule has 0 radical (unpaired) electrons. The first-order valence-corrected chi connectivity index (χ1v) is 5.53. The Morgan fingerprint density at radius 3 is 2.63 bits per heavy atom. The molecular formula is C9H10ClN7O2. The Labute approximate surface area is 112 Å². The largest absolute Gasteiger partial charge is 0.356 e. The first kappa shape index (κ1) is 13.2. The van der Waals surface area contributed by atoms with Crippen LogP contribution in [0.4, 0.5) is 11.5 Å². The number of nitrogen functional groups attached to an aromatic ring is 1. The maximum absolute atomic E-state index is 11.1. The molecule has 0 fully saturated rings. The van der Waals surface area contributed by atoms with E-state index in [2.05, 4.69) is 20.5 Å². The number of hydrazine groups is 1. The van der Waals surface area contributed by atoms with Gasteiger partial charge in [0.15, 0.2) is 0 Å². The van der Waals surface area contributed by atoms with Gasteiger partial charge in [0.05, 0.1) is 21.3 Å². The molecule has 0 aliphatic heterocycles. The average Bonchev–Trinajstić information content (AvgIpc) is 2.65. The van der Waals surface area contributed by atoms with Crippen molar-refractivity contribution in [2.75, 3.05) is 5.43 Å². The summed E-state index contributed by atoms with van der Waals surface area (Å²) >= 11 is 6.02. The topological polar surface area (TPSA) is 125 Å². The van der Waals surface area contributed by atoms with E-state index in [4.69, 9.17) is 17.4 Å². The number of hydrogen-bond donors (Lipinski definition) is 2. The Morgan fingerprint density at radius 2 is 2.16 bits per heavy atom. The van der Waals surface area contributed by atoms with E-state index in [0.29, 0.717) is 16.4 Å². The van der Waals surface area contributed by atoms with Crippen molar-refractivity contribution in [2.24, 2.45) is 5.84 Å². The molecule has 0 bridgehead atoms. The molecule has 19 heavy (non-hydrogen) atoms. The molecule has 10 heteroatoms. The summed E-state index contributed by atoms with van der Waals surface area (Å²) in [6.45, 7) is 3.38. The molecule has 2 aromatic rings. The molecule has 0 aromatic carbocycles. The number of halogens is 1. The lowest BCUT2D eigenvalue weighted by Gasteiger charge is -2.06. The standard InChI is InChI=1S/C9H10ClN7O2/c1-4-6(10)5(2)16(15-4)9-7(17(18)19)8(14-11)12-3-13-9/h3H,11H2,1-2H3,(H,12,13,14). The number of nitrogens with two attached hydrogens (primary N) is 1. The summed E-state index contributed by atoms with van der Waals surface area (Å²) in [6, 6.07) is 0. The molecular weight excluding hydrogens is 274 g/mol. The Hall–Kier alpha value is -2.26. The van der Waals surface area contributed by atoms with Gasteiger partial charge in [-0.2, -0.15) is 5.10 Å². The molecule has 0 unspecified atom stereocenters. The van der Waals surface area contributed by atoms with Gasteiger partial charge in [-0.1, -0.05) is 11.6 Å². The van der Waals surface area contributed by atoms with Crippen molar-refractivity contribution < 1.29 is 4.92 Å². The zero-order valence-electron chi connectivity index (χ0n) is 10.1. The van der Waals surface area contributed by atoms with Crippen molar-refractivity contribution in [3.63, 3.8) is 0 Å². The van der Waals surface area contributed by atoms with Gasteiger partial charge in [-0.3, -0.25) is 10.1 Å². The van der Waals surface area contributed by atoms with Crippen molar-refractivity contribution in [1.82, 2.24) is 19.7 Å². The van der Waals surface area contributed by atoms with Crippen LogP contribution in [-0.2, 0) is 0 Å². The van der Waals surface area contributed by atoms with Gasteiger partial charge in [-0.15, -0.1) is 0 Å². The van der Waals surface area contributed by atoms with Crippen LogP contribution in [0.2, 0.25) is 5.02 Å². The van der Waals surface area contributed by atoms with E-state index in [-0.39, 0.29) is 17.3 Å². The van der Waals surface area contributed by atoms with E-state index < -0.39 is 4.92 Å². The molecule has 0 amide bonds. The fraction of sp³-hybridized carbons (Fsp3) is 0.222. The lowest BCUT2D eigenvalue weighted by molar-refractivity contribution is -0.384. The molecule has 2 aromatic heterocycles. The number of nitrogens with zero attached hydrogens (tertiary/aromatic N) is 5. The number of rotatable bonds is 3. The van der Waals surface area contributed by atoms with Crippen molar-refractivity contribution in [3.8, 4) is 5.82 Å². The second-order valence-corrected chi connectivity index (χ2v) is 4.07. The number of aryl methyl sites for hydroxylation is 1. The quantitative estimate of drug-likeness (QED) is 0.491. The summed E-state index contributed by atoms with van der Waals surface area (Å²) in [5.41, 5.74) is 2.89. The lowest BCUT2D eigenvalue weighted by atomic mass is 10.4. The third-order valence-electron chi connectivity index (χ3n) is 2.53. The third-order valence-corrected chi connectivity index (χ3v) is 3.07. The molecule has 3 N–H and O–H groups in total. The SMILES string of the molecule is Cc1nn(-c2ncnc(NN)c2[N+](=O)[O-])c(C)c1Cl.